The lowest BCUT2D eigenvalue weighted by molar-refractivity contribution is 0.487. The van der Waals surface area contributed by atoms with E-state index < -0.39 is 0 Å². The summed E-state index contributed by atoms with van der Waals surface area (Å²) in [5.41, 5.74) is 6.10. The Morgan fingerprint density at radius 3 is 1.93 bits per heavy atom. The van der Waals surface area contributed by atoms with Crippen LogP contribution in [0.1, 0.15) is 113 Å². The van der Waals surface area contributed by atoms with Crippen LogP contribution in [0, 0.1) is 17.8 Å². The van der Waals surface area contributed by atoms with Crippen LogP contribution in [0.4, 0.5) is 0 Å². The van der Waals surface area contributed by atoms with Crippen molar-refractivity contribution in [3.63, 3.8) is 0 Å². The van der Waals surface area contributed by atoms with Crippen molar-refractivity contribution in [1.82, 2.24) is 0 Å². The molecule has 0 heteroatoms. The third-order valence-corrected chi connectivity index (χ3v) is 6.01. The zero-order valence-electron chi connectivity index (χ0n) is 21.7. The third-order valence-electron chi connectivity index (χ3n) is 6.01. The fourth-order valence-corrected chi connectivity index (χ4v) is 3.57. The first-order chi connectivity index (χ1) is 14.1. The Morgan fingerprint density at radius 2 is 1.37 bits per heavy atom. The van der Waals surface area contributed by atoms with Crippen LogP contribution in [0.2, 0.25) is 0 Å². The van der Waals surface area contributed by atoms with Crippen molar-refractivity contribution in [2.24, 2.45) is 17.8 Å². The Labute approximate surface area is 190 Å². The van der Waals surface area contributed by atoms with Crippen LogP contribution in [0.5, 0.6) is 0 Å². The van der Waals surface area contributed by atoms with Crippen molar-refractivity contribution in [1.29, 1.82) is 0 Å². The summed E-state index contributed by atoms with van der Waals surface area (Å²) in [5.74, 6) is 2.06. The fraction of sp³-hybridized carbons (Fsp3) is 0.667. The first kappa shape index (κ1) is 28.7. The standard InChI is InChI=1S/C30H52/c1-10-26(6)20-22-30(29(9)19-12-15-25(4)5)23-21-28(8)18-13-17-27(7)16-11-14-24(2)3/h10,14,17,21-22,25-26,29H,1,11-13,15-16,18-20,23H2,2-9H3/b27-17+,28-21-,30-22-. The van der Waals surface area contributed by atoms with Gasteiger partial charge in [-0.15, -0.1) is 6.58 Å². The second-order valence-electron chi connectivity index (χ2n) is 10.1. The molecule has 0 fully saturated rings. The minimum atomic E-state index is 0.562. The molecule has 0 nitrogen and oxygen atoms in total. The molecule has 0 saturated heterocycles. The van der Waals surface area contributed by atoms with E-state index in [0.29, 0.717) is 11.8 Å². The molecule has 0 N–H and O–H groups in total. The Hall–Kier alpha value is -1.30. The van der Waals surface area contributed by atoms with Gasteiger partial charge in [-0.25, -0.2) is 0 Å². The van der Waals surface area contributed by atoms with Crippen molar-refractivity contribution in [3.8, 4) is 0 Å². The molecule has 0 amide bonds. The fourth-order valence-electron chi connectivity index (χ4n) is 3.57. The summed E-state index contributed by atoms with van der Waals surface area (Å²) >= 11 is 0. The van der Waals surface area contributed by atoms with Gasteiger partial charge < -0.3 is 0 Å². The monoisotopic (exact) mass is 412 g/mol. The van der Waals surface area contributed by atoms with Gasteiger partial charge in [0.05, 0.1) is 0 Å². The lowest BCUT2D eigenvalue weighted by Gasteiger charge is -2.17. The van der Waals surface area contributed by atoms with Gasteiger partial charge >= 0.3 is 0 Å². The topological polar surface area (TPSA) is 0 Å². The van der Waals surface area contributed by atoms with E-state index >= 15 is 0 Å². The Morgan fingerprint density at radius 1 is 0.767 bits per heavy atom. The maximum absolute atomic E-state index is 3.95. The van der Waals surface area contributed by atoms with Crippen molar-refractivity contribution < 1.29 is 0 Å². The van der Waals surface area contributed by atoms with Gasteiger partial charge in [0.25, 0.3) is 0 Å². The first-order valence-corrected chi connectivity index (χ1v) is 12.4. The van der Waals surface area contributed by atoms with Crippen LogP contribution in [-0.4, -0.2) is 0 Å². The molecule has 0 bridgehead atoms. The van der Waals surface area contributed by atoms with Gasteiger partial charge in [0.15, 0.2) is 0 Å². The van der Waals surface area contributed by atoms with E-state index in [2.05, 4.69) is 92.3 Å². The van der Waals surface area contributed by atoms with Crippen LogP contribution in [0.15, 0.2) is 59.3 Å². The normalized spacial score (nSPS) is 15.3. The number of hydrogen-bond acceptors (Lipinski definition) is 0. The molecule has 0 aromatic rings. The van der Waals surface area contributed by atoms with Crippen molar-refractivity contribution in [2.45, 2.75) is 113 Å². The van der Waals surface area contributed by atoms with Crippen molar-refractivity contribution in [3.05, 3.63) is 59.3 Å². The molecule has 30 heavy (non-hydrogen) atoms. The highest BCUT2D eigenvalue weighted by Crippen LogP contribution is 2.25. The second kappa shape index (κ2) is 17.4. The highest BCUT2D eigenvalue weighted by Gasteiger charge is 2.09. The minimum absolute atomic E-state index is 0.562. The maximum atomic E-state index is 3.95. The maximum Gasteiger partial charge on any atom is -0.0134 e. The van der Waals surface area contributed by atoms with Crippen LogP contribution in [0.3, 0.4) is 0 Å². The summed E-state index contributed by atoms with van der Waals surface area (Å²) in [4.78, 5) is 0. The molecule has 0 spiro atoms. The van der Waals surface area contributed by atoms with E-state index in [0.717, 1.165) is 18.8 Å². The van der Waals surface area contributed by atoms with Crippen LogP contribution < -0.4 is 0 Å². The summed E-state index contributed by atoms with van der Waals surface area (Å²) in [6.45, 7) is 22.2. The van der Waals surface area contributed by atoms with E-state index in [4.69, 9.17) is 0 Å². The van der Waals surface area contributed by atoms with Gasteiger partial charge in [0.1, 0.15) is 0 Å². The molecule has 2 atom stereocenters. The summed E-state index contributed by atoms with van der Waals surface area (Å²) < 4.78 is 0. The molecule has 0 saturated carbocycles. The average molecular weight is 413 g/mol. The molecular formula is C30H52. The molecule has 0 radical (unpaired) electrons. The summed E-state index contributed by atoms with van der Waals surface area (Å²) in [7, 11) is 0. The summed E-state index contributed by atoms with van der Waals surface area (Å²) in [6.07, 6.45) is 22.8. The minimum Gasteiger partial charge on any atom is -0.103 e. The summed E-state index contributed by atoms with van der Waals surface area (Å²) in [5, 5.41) is 0. The Kier molecular flexibility index (Phi) is 16.6. The number of allylic oxidation sites excluding steroid dienone is 9. The van der Waals surface area contributed by atoms with Crippen LogP contribution >= 0.6 is 0 Å². The first-order valence-electron chi connectivity index (χ1n) is 12.4. The Balaban J connectivity index is 4.74. The second-order valence-corrected chi connectivity index (χ2v) is 10.1. The van der Waals surface area contributed by atoms with Gasteiger partial charge in [-0.2, -0.15) is 0 Å². The highest BCUT2D eigenvalue weighted by atomic mass is 14.1. The van der Waals surface area contributed by atoms with E-state index in [9.17, 15) is 0 Å². The zero-order chi connectivity index (χ0) is 22.9. The molecule has 2 unspecified atom stereocenters. The van der Waals surface area contributed by atoms with E-state index in [1.54, 1.807) is 5.57 Å². The third kappa shape index (κ3) is 16.5. The van der Waals surface area contributed by atoms with E-state index in [1.807, 2.05) is 0 Å². The predicted octanol–water partition coefficient (Wildman–Crippen LogP) is 10.4. The Bertz CT molecular complexity index is 575. The van der Waals surface area contributed by atoms with Gasteiger partial charge in [0.2, 0.25) is 0 Å². The van der Waals surface area contributed by atoms with Crippen molar-refractivity contribution >= 4 is 0 Å². The molecule has 0 aliphatic rings. The van der Waals surface area contributed by atoms with Gasteiger partial charge in [0, 0.05) is 0 Å². The molecule has 0 aliphatic carbocycles. The van der Waals surface area contributed by atoms with E-state index in [1.165, 1.54) is 61.7 Å². The van der Waals surface area contributed by atoms with Crippen LogP contribution in [-0.2, 0) is 0 Å². The SMILES string of the molecule is C=CC(C)C/C=C(/C/C=C(/C)CC/C=C(\C)CCC=C(C)C)C(C)CCCC(C)C. The van der Waals surface area contributed by atoms with Gasteiger partial charge in [-0.3, -0.25) is 0 Å². The molecular weight excluding hydrogens is 360 g/mol. The summed E-state index contributed by atoms with van der Waals surface area (Å²) in [6, 6.07) is 0. The smallest absolute Gasteiger partial charge is 0.0134 e. The largest absolute Gasteiger partial charge is 0.103 e. The molecule has 0 aromatic carbocycles. The van der Waals surface area contributed by atoms with Crippen molar-refractivity contribution in [2.75, 3.05) is 0 Å². The molecule has 0 aliphatic heterocycles. The van der Waals surface area contributed by atoms with E-state index in [-0.39, 0.29) is 0 Å². The molecule has 0 rings (SSSR count). The molecule has 172 valence electrons. The van der Waals surface area contributed by atoms with Crippen LogP contribution in [0.25, 0.3) is 0 Å². The van der Waals surface area contributed by atoms with Gasteiger partial charge in [-0.05, 0) is 90.4 Å². The zero-order valence-corrected chi connectivity index (χ0v) is 21.7. The van der Waals surface area contributed by atoms with Gasteiger partial charge in [-0.1, -0.05) is 93.2 Å². The lowest BCUT2D eigenvalue weighted by atomic mass is 9.89. The highest BCUT2D eigenvalue weighted by molar-refractivity contribution is 5.15. The number of rotatable bonds is 16. The predicted molar refractivity (Wildman–Crippen MR) is 140 cm³/mol. The average Bonchev–Trinajstić information content (AvgIpc) is 2.66. The quantitative estimate of drug-likeness (QED) is 0.221. The molecule has 0 aromatic heterocycles. The lowest BCUT2D eigenvalue weighted by Crippen LogP contribution is -2.02. The molecule has 0 heterocycles. The number of hydrogen-bond donors (Lipinski definition) is 0.